The van der Waals surface area contributed by atoms with E-state index in [4.69, 9.17) is 0 Å². The molecule has 0 bridgehead atoms. The third-order valence-corrected chi connectivity index (χ3v) is 7.83. The van der Waals surface area contributed by atoms with E-state index in [0.29, 0.717) is 28.5 Å². The Morgan fingerprint density at radius 3 is 1.88 bits per heavy atom. The molecule has 0 aliphatic heterocycles. The van der Waals surface area contributed by atoms with Crippen LogP contribution in [0.4, 0.5) is 13.2 Å². The van der Waals surface area contributed by atoms with Gasteiger partial charge in [-0.15, -0.1) is 0 Å². The third kappa shape index (κ3) is 5.13. The number of aryl methyl sites for hydroxylation is 1. The van der Waals surface area contributed by atoms with E-state index in [-0.39, 0.29) is 17.7 Å². The fraction of sp³-hybridized carbons (Fsp3) is 0.517. The smallest absolute Gasteiger partial charge is 0.162 e. The molecule has 0 unspecified atom stereocenters. The van der Waals surface area contributed by atoms with E-state index in [0.717, 1.165) is 63.4 Å². The van der Waals surface area contributed by atoms with Gasteiger partial charge < -0.3 is 0 Å². The van der Waals surface area contributed by atoms with Crippen molar-refractivity contribution in [2.75, 3.05) is 0 Å². The lowest BCUT2D eigenvalue weighted by Gasteiger charge is -2.29. The summed E-state index contributed by atoms with van der Waals surface area (Å²) in [6, 6.07) is 9.10. The zero-order chi connectivity index (χ0) is 22.7. The van der Waals surface area contributed by atoms with Gasteiger partial charge in [-0.2, -0.15) is 0 Å². The largest absolute Gasteiger partial charge is 0.206 e. The zero-order valence-corrected chi connectivity index (χ0v) is 19.3. The first-order chi connectivity index (χ1) is 15.5. The van der Waals surface area contributed by atoms with Gasteiger partial charge >= 0.3 is 0 Å². The van der Waals surface area contributed by atoms with E-state index in [1.54, 1.807) is 6.07 Å². The molecule has 2 aromatic rings. The summed E-state index contributed by atoms with van der Waals surface area (Å²) in [5.74, 6) is -0.159. The maximum Gasteiger partial charge on any atom is 0.162 e. The number of allylic oxidation sites excluding steroid dienone is 1. The van der Waals surface area contributed by atoms with Crippen molar-refractivity contribution >= 4 is 6.08 Å². The average Bonchev–Trinajstić information content (AvgIpc) is 2.81. The fourth-order valence-electron chi connectivity index (χ4n) is 5.57. The number of halogens is 3. The SMILES string of the molecule is CCc1ccc(/C=C/C2CCC(c3ccc(C4CCC(C)CC4)c(F)c3F)CC2)c(F)c1. The molecule has 0 aromatic heterocycles. The highest BCUT2D eigenvalue weighted by Crippen LogP contribution is 2.41. The highest BCUT2D eigenvalue weighted by molar-refractivity contribution is 5.51. The second-order valence-electron chi connectivity index (χ2n) is 10.0. The zero-order valence-electron chi connectivity index (χ0n) is 19.3. The van der Waals surface area contributed by atoms with E-state index in [1.165, 1.54) is 0 Å². The second kappa shape index (κ2) is 10.3. The molecule has 0 saturated heterocycles. The lowest BCUT2D eigenvalue weighted by atomic mass is 9.76. The molecule has 2 aliphatic rings. The first-order valence-corrected chi connectivity index (χ1v) is 12.4. The van der Waals surface area contributed by atoms with Gasteiger partial charge in [-0.1, -0.05) is 63.1 Å². The van der Waals surface area contributed by atoms with E-state index in [2.05, 4.69) is 13.0 Å². The summed E-state index contributed by atoms with van der Waals surface area (Å²) in [5, 5.41) is 0. The first kappa shape index (κ1) is 23.1. The normalized spacial score (nSPS) is 26.5. The second-order valence-corrected chi connectivity index (χ2v) is 10.0. The minimum absolute atomic E-state index is 0.0650. The lowest BCUT2D eigenvalue weighted by molar-refractivity contribution is 0.336. The quantitative estimate of drug-likeness (QED) is 0.435. The predicted octanol–water partition coefficient (Wildman–Crippen LogP) is 8.95. The van der Waals surface area contributed by atoms with Crippen LogP contribution in [0.5, 0.6) is 0 Å². The summed E-state index contributed by atoms with van der Waals surface area (Å²) in [6.07, 6.45) is 12.4. The standard InChI is InChI=1S/C29H35F3/c1-3-20-6-14-24(27(30)18-20)15-9-21-7-12-23(13-8-21)26-17-16-25(28(31)29(26)32)22-10-4-19(2)5-11-22/h6,9,14-19,21-23H,3-5,7-8,10-13H2,1-2H3/b15-9+. The van der Waals surface area contributed by atoms with E-state index in [1.807, 2.05) is 37.3 Å². The van der Waals surface area contributed by atoms with Crippen LogP contribution in [0, 0.1) is 29.3 Å². The van der Waals surface area contributed by atoms with Gasteiger partial charge in [-0.25, -0.2) is 13.2 Å². The summed E-state index contributed by atoms with van der Waals surface area (Å²) in [4.78, 5) is 0. The van der Waals surface area contributed by atoms with Crippen LogP contribution in [0.15, 0.2) is 36.4 Å². The molecular weight excluding hydrogens is 405 g/mol. The Labute approximate surface area is 190 Å². The van der Waals surface area contributed by atoms with Crippen molar-refractivity contribution in [2.24, 2.45) is 11.8 Å². The van der Waals surface area contributed by atoms with E-state index < -0.39 is 11.6 Å². The molecule has 2 saturated carbocycles. The predicted molar refractivity (Wildman–Crippen MR) is 126 cm³/mol. The Balaban J connectivity index is 1.38. The van der Waals surface area contributed by atoms with Crippen LogP contribution in [0.25, 0.3) is 6.08 Å². The number of hydrogen-bond acceptors (Lipinski definition) is 0. The molecule has 0 radical (unpaired) electrons. The van der Waals surface area contributed by atoms with Crippen molar-refractivity contribution in [1.29, 1.82) is 0 Å². The molecule has 0 amide bonds. The van der Waals surface area contributed by atoms with Gasteiger partial charge in [-0.3, -0.25) is 0 Å². The van der Waals surface area contributed by atoms with Gasteiger partial charge in [0.2, 0.25) is 0 Å². The Morgan fingerprint density at radius 1 is 0.781 bits per heavy atom. The Morgan fingerprint density at radius 2 is 1.34 bits per heavy atom. The van der Waals surface area contributed by atoms with Gasteiger partial charge in [0, 0.05) is 5.56 Å². The Hall–Kier alpha value is -2.03. The number of rotatable bonds is 5. The Kier molecular flexibility index (Phi) is 7.43. The van der Waals surface area contributed by atoms with Crippen molar-refractivity contribution in [1.82, 2.24) is 0 Å². The van der Waals surface area contributed by atoms with Crippen molar-refractivity contribution < 1.29 is 13.2 Å². The van der Waals surface area contributed by atoms with Crippen molar-refractivity contribution in [3.63, 3.8) is 0 Å². The molecule has 0 spiro atoms. The molecule has 0 N–H and O–H groups in total. The van der Waals surface area contributed by atoms with Crippen molar-refractivity contribution in [3.05, 3.63) is 76.1 Å². The molecule has 32 heavy (non-hydrogen) atoms. The minimum Gasteiger partial charge on any atom is -0.206 e. The van der Waals surface area contributed by atoms with Crippen LogP contribution in [-0.2, 0) is 6.42 Å². The monoisotopic (exact) mass is 440 g/mol. The highest BCUT2D eigenvalue weighted by Gasteiger charge is 2.28. The van der Waals surface area contributed by atoms with Crippen LogP contribution in [0.2, 0.25) is 0 Å². The Bertz CT molecular complexity index is 945. The molecule has 2 fully saturated rings. The fourth-order valence-corrected chi connectivity index (χ4v) is 5.57. The van der Waals surface area contributed by atoms with Crippen LogP contribution in [-0.4, -0.2) is 0 Å². The molecule has 0 nitrogen and oxygen atoms in total. The molecule has 0 atom stereocenters. The summed E-state index contributed by atoms with van der Waals surface area (Å²) >= 11 is 0. The highest BCUT2D eigenvalue weighted by atomic mass is 19.2. The van der Waals surface area contributed by atoms with Crippen molar-refractivity contribution in [3.8, 4) is 0 Å². The van der Waals surface area contributed by atoms with Gasteiger partial charge in [-0.05, 0) is 91.4 Å². The van der Waals surface area contributed by atoms with Crippen molar-refractivity contribution in [2.45, 2.75) is 83.5 Å². The molecule has 2 aromatic carbocycles. The van der Waals surface area contributed by atoms with Crippen LogP contribution in [0.1, 0.15) is 99.3 Å². The summed E-state index contributed by atoms with van der Waals surface area (Å²) in [5.41, 5.74) is 2.73. The third-order valence-electron chi connectivity index (χ3n) is 7.83. The number of benzene rings is 2. The molecule has 3 heteroatoms. The van der Waals surface area contributed by atoms with Crippen LogP contribution >= 0.6 is 0 Å². The average molecular weight is 441 g/mol. The van der Waals surface area contributed by atoms with Gasteiger partial charge in [0.05, 0.1) is 0 Å². The van der Waals surface area contributed by atoms with Gasteiger partial charge in [0.25, 0.3) is 0 Å². The van der Waals surface area contributed by atoms with E-state index in [9.17, 15) is 8.78 Å². The summed E-state index contributed by atoms with van der Waals surface area (Å²) in [6.45, 7) is 4.25. The van der Waals surface area contributed by atoms with Gasteiger partial charge in [0.15, 0.2) is 11.6 Å². The lowest BCUT2D eigenvalue weighted by Crippen LogP contribution is -2.16. The van der Waals surface area contributed by atoms with E-state index >= 15 is 4.39 Å². The summed E-state index contributed by atoms with van der Waals surface area (Å²) in [7, 11) is 0. The topological polar surface area (TPSA) is 0 Å². The molecular formula is C29H35F3. The van der Waals surface area contributed by atoms with Crippen LogP contribution < -0.4 is 0 Å². The molecule has 0 heterocycles. The summed E-state index contributed by atoms with van der Waals surface area (Å²) < 4.78 is 44.2. The first-order valence-electron chi connectivity index (χ1n) is 12.4. The maximum atomic E-state index is 15.0. The van der Waals surface area contributed by atoms with Gasteiger partial charge in [0.1, 0.15) is 5.82 Å². The molecule has 172 valence electrons. The van der Waals surface area contributed by atoms with Crippen LogP contribution in [0.3, 0.4) is 0 Å². The number of hydrogen-bond donors (Lipinski definition) is 0. The minimum atomic E-state index is -0.627. The molecule has 2 aliphatic carbocycles. The maximum absolute atomic E-state index is 15.0. The molecule has 4 rings (SSSR count).